The van der Waals surface area contributed by atoms with Crippen LogP contribution < -0.4 is 15.5 Å². The highest BCUT2D eigenvalue weighted by Crippen LogP contribution is 2.24. The largest absolute Gasteiger partial charge is 0.339 e. The van der Waals surface area contributed by atoms with Gasteiger partial charge in [0.1, 0.15) is 11.9 Å². The van der Waals surface area contributed by atoms with Gasteiger partial charge in [-0.1, -0.05) is 12.1 Å². The summed E-state index contributed by atoms with van der Waals surface area (Å²) < 4.78 is 14.0. The summed E-state index contributed by atoms with van der Waals surface area (Å²) in [5.74, 6) is -1.11. The van der Waals surface area contributed by atoms with Crippen molar-refractivity contribution in [3.8, 4) is 0 Å². The number of hydrogen-bond donors (Lipinski definition) is 3. The van der Waals surface area contributed by atoms with Crippen LogP contribution in [0.25, 0.3) is 0 Å². The number of rotatable bonds is 3. The molecule has 0 radical (unpaired) electrons. The van der Waals surface area contributed by atoms with E-state index in [9.17, 15) is 14.0 Å². The number of benzene rings is 1. The summed E-state index contributed by atoms with van der Waals surface area (Å²) in [6, 6.07) is 5.50. The smallest absolute Gasteiger partial charge is 0.272 e. The number of H-pyrrole nitrogens is 1. The Morgan fingerprint density at radius 2 is 2.19 bits per heavy atom. The molecule has 0 saturated carbocycles. The van der Waals surface area contributed by atoms with Crippen molar-refractivity contribution in [1.82, 2.24) is 20.8 Å². The molecule has 1 aromatic carbocycles. The summed E-state index contributed by atoms with van der Waals surface area (Å²) in [7, 11) is 0. The molecule has 8 heteroatoms. The fourth-order valence-electron chi connectivity index (χ4n) is 3.56. The van der Waals surface area contributed by atoms with Crippen molar-refractivity contribution in [1.29, 1.82) is 0 Å². The molecule has 3 N–H and O–H groups in total. The average molecular weight is 357 g/mol. The van der Waals surface area contributed by atoms with Gasteiger partial charge in [-0.2, -0.15) is 5.10 Å². The maximum Gasteiger partial charge on any atom is 0.272 e. The first-order valence-electron chi connectivity index (χ1n) is 8.79. The number of para-hydroxylation sites is 1. The highest BCUT2D eigenvalue weighted by molar-refractivity contribution is 6.02. The minimum Gasteiger partial charge on any atom is -0.339 e. The standard InChI is InChI=1S/C18H20FN5O2/c19-12-4-1-2-6-15(12)24-9-3-5-14(18(24)26)21-17(25)16-11-10-20-8-7-13(11)22-23-16/h1-2,4,6,14,20H,3,5,7-10H2,(H,21,25)(H,22,23). The van der Waals surface area contributed by atoms with E-state index < -0.39 is 11.9 Å². The van der Waals surface area contributed by atoms with Crippen LogP contribution in [0.3, 0.4) is 0 Å². The number of carbonyl (C=O) groups is 2. The van der Waals surface area contributed by atoms with E-state index in [1.807, 2.05) is 0 Å². The van der Waals surface area contributed by atoms with E-state index >= 15 is 0 Å². The predicted molar refractivity (Wildman–Crippen MR) is 93.2 cm³/mol. The van der Waals surface area contributed by atoms with Gasteiger partial charge in [0.2, 0.25) is 5.91 Å². The van der Waals surface area contributed by atoms with Crippen molar-refractivity contribution in [2.45, 2.75) is 31.8 Å². The van der Waals surface area contributed by atoms with Gasteiger partial charge in [0.15, 0.2) is 5.69 Å². The molecule has 1 fully saturated rings. The zero-order valence-electron chi connectivity index (χ0n) is 14.2. The van der Waals surface area contributed by atoms with Gasteiger partial charge >= 0.3 is 0 Å². The molecule has 7 nitrogen and oxygen atoms in total. The number of aromatic amines is 1. The summed E-state index contributed by atoms with van der Waals surface area (Å²) in [5.41, 5.74) is 2.38. The third kappa shape index (κ3) is 2.96. The molecule has 2 aliphatic heterocycles. The summed E-state index contributed by atoms with van der Waals surface area (Å²) in [6.45, 7) is 1.86. The van der Waals surface area contributed by atoms with E-state index in [1.54, 1.807) is 18.2 Å². The first kappa shape index (κ1) is 16.7. The highest BCUT2D eigenvalue weighted by atomic mass is 19.1. The molecule has 0 spiro atoms. The van der Waals surface area contributed by atoms with Gasteiger partial charge in [-0.05, 0) is 25.0 Å². The van der Waals surface area contributed by atoms with Gasteiger partial charge in [-0.3, -0.25) is 14.7 Å². The molecule has 0 aliphatic carbocycles. The lowest BCUT2D eigenvalue weighted by Gasteiger charge is -2.32. The molecule has 1 saturated heterocycles. The predicted octanol–water partition coefficient (Wildman–Crippen LogP) is 1.12. The molecule has 26 heavy (non-hydrogen) atoms. The lowest BCUT2D eigenvalue weighted by molar-refractivity contribution is -0.121. The minimum atomic E-state index is -0.681. The Kier molecular flexibility index (Phi) is 4.42. The summed E-state index contributed by atoms with van der Waals surface area (Å²) in [4.78, 5) is 26.8. The second kappa shape index (κ2) is 6.87. The molecular weight excluding hydrogens is 337 g/mol. The van der Waals surface area contributed by atoms with Crippen molar-refractivity contribution in [3.05, 3.63) is 47.0 Å². The molecule has 1 aromatic heterocycles. The van der Waals surface area contributed by atoms with Gasteiger partial charge in [0.05, 0.1) is 5.69 Å². The Morgan fingerprint density at radius 1 is 1.35 bits per heavy atom. The van der Waals surface area contributed by atoms with Crippen LogP contribution in [-0.2, 0) is 17.8 Å². The van der Waals surface area contributed by atoms with Gasteiger partial charge < -0.3 is 15.5 Å². The Bertz CT molecular complexity index is 850. The SMILES string of the molecule is O=C(NC1CCCN(c2ccccc2F)C1=O)c1n[nH]c2c1CNCC2. The van der Waals surface area contributed by atoms with Crippen LogP contribution in [0.1, 0.15) is 34.6 Å². The number of piperidine rings is 1. The second-order valence-electron chi connectivity index (χ2n) is 6.57. The third-order valence-electron chi connectivity index (χ3n) is 4.91. The number of halogens is 1. The van der Waals surface area contributed by atoms with Crippen molar-refractivity contribution in [3.63, 3.8) is 0 Å². The van der Waals surface area contributed by atoms with E-state index in [0.29, 0.717) is 31.6 Å². The lowest BCUT2D eigenvalue weighted by atomic mass is 10.0. The lowest BCUT2D eigenvalue weighted by Crippen LogP contribution is -2.52. The normalized spacial score (nSPS) is 20.0. The van der Waals surface area contributed by atoms with Crippen molar-refractivity contribution in [2.24, 2.45) is 0 Å². The molecule has 0 bridgehead atoms. The van der Waals surface area contributed by atoms with Crippen molar-refractivity contribution < 1.29 is 14.0 Å². The summed E-state index contributed by atoms with van der Waals surface area (Å²) in [6.07, 6.45) is 2.00. The van der Waals surface area contributed by atoms with Gasteiger partial charge in [-0.15, -0.1) is 0 Å². The maximum atomic E-state index is 14.0. The van der Waals surface area contributed by atoms with Crippen LogP contribution in [0.15, 0.2) is 24.3 Å². The Morgan fingerprint density at radius 3 is 3.04 bits per heavy atom. The topological polar surface area (TPSA) is 90.1 Å². The quantitative estimate of drug-likeness (QED) is 0.768. The Hall–Kier alpha value is -2.74. The molecular formula is C18H20FN5O2. The molecule has 136 valence electrons. The van der Waals surface area contributed by atoms with Crippen molar-refractivity contribution in [2.75, 3.05) is 18.0 Å². The molecule has 3 heterocycles. The van der Waals surface area contributed by atoms with Gasteiger partial charge in [0, 0.05) is 37.3 Å². The van der Waals surface area contributed by atoms with Gasteiger partial charge in [-0.25, -0.2) is 4.39 Å². The molecule has 2 aliphatic rings. The summed E-state index contributed by atoms with van der Waals surface area (Å²) in [5, 5.41) is 13.0. The number of fused-ring (bicyclic) bond motifs is 1. The second-order valence-corrected chi connectivity index (χ2v) is 6.57. The minimum absolute atomic E-state index is 0.248. The van der Waals surface area contributed by atoms with Crippen LogP contribution in [0, 0.1) is 5.82 Å². The zero-order valence-corrected chi connectivity index (χ0v) is 14.2. The molecule has 1 atom stereocenters. The fraction of sp³-hybridized carbons (Fsp3) is 0.389. The molecule has 2 aromatic rings. The maximum absolute atomic E-state index is 14.0. The fourth-order valence-corrected chi connectivity index (χ4v) is 3.56. The monoisotopic (exact) mass is 357 g/mol. The number of hydrogen-bond acceptors (Lipinski definition) is 4. The van der Waals surface area contributed by atoms with E-state index in [1.165, 1.54) is 11.0 Å². The highest BCUT2D eigenvalue weighted by Gasteiger charge is 2.33. The molecule has 1 unspecified atom stereocenters. The van der Waals surface area contributed by atoms with E-state index in [4.69, 9.17) is 0 Å². The molecule has 4 rings (SSSR count). The number of amides is 2. The van der Waals surface area contributed by atoms with Crippen LogP contribution in [0.4, 0.5) is 10.1 Å². The van der Waals surface area contributed by atoms with E-state index in [-0.39, 0.29) is 17.5 Å². The van der Waals surface area contributed by atoms with Gasteiger partial charge in [0.25, 0.3) is 5.91 Å². The van der Waals surface area contributed by atoms with E-state index in [2.05, 4.69) is 20.8 Å². The zero-order chi connectivity index (χ0) is 18.1. The number of nitrogens with one attached hydrogen (secondary N) is 3. The first-order chi connectivity index (χ1) is 12.6. The number of carbonyl (C=O) groups excluding carboxylic acids is 2. The van der Waals surface area contributed by atoms with Crippen molar-refractivity contribution >= 4 is 17.5 Å². The number of anilines is 1. The molecule has 2 amide bonds. The van der Waals surface area contributed by atoms with Crippen LogP contribution in [0.5, 0.6) is 0 Å². The van der Waals surface area contributed by atoms with Crippen LogP contribution in [0.2, 0.25) is 0 Å². The number of nitrogens with zero attached hydrogens (tertiary/aromatic N) is 2. The van der Waals surface area contributed by atoms with Crippen LogP contribution >= 0.6 is 0 Å². The average Bonchev–Trinajstić information content (AvgIpc) is 3.08. The van der Waals surface area contributed by atoms with E-state index in [0.717, 1.165) is 24.2 Å². The third-order valence-corrected chi connectivity index (χ3v) is 4.91. The summed E-state index contributed by atoms with van der Waals surface area (Å²) >= 11 is 0. The number of aromatic nitrogens is 2. The first-order valence-corrected chi connectivity index (χ1v) is 8.79. The van der Waals surface area contributed by atoms with Crippen LogP contribution in [-0.4, -0.2) is 41.1 Å². The Labute approximate surface area is 150 Å². The Balaban J connectivity index is 1.51.